The highest BCUT2D eigenvalue weighted by molar-refractivity contribution is 6.20. The van der Waals surface area contributed by atoms with E-state index in [0.717, 1.165) is 0 Å². The van der Waals surface area contributed by atoms with Crippen molar-refractivity contribution < 1.29 is 14.4 Å². The van der Waals surface area contributed by atoms with Gasteiger partial charge in [0.25, 0.3) is 0 Å². The van der Waals surface area contributed by atoms with Crippen LogP contribution in [0.1, 0.15) is 40.5 Å². The number of hydrogen-bond donors (Lipinski definition) is 0. The van der Waals surface area contributed by atoms with Crippen LogP contribution < -0.4 is 0 Å². The van der Waals surface area contributed by atoms with Gasteiger partial charge in [-0.25, -0.2) is 0 Å². The van der Waals surface area contributed by atoms with E-state index in [-0.39, 0.29) is 22.8 Å². The third kappa shape index (κ3) is 1.69. The zero-order valence-electron chi connectivity index (χ0n) is 11.3. The molecule has 0 radical (unpaired) electrons. The lowest BCUT2D eigenvalue weighted by atomic mass is 9.63. The van der Waals surface area contributed by atoms with E-state index in [1.54, 1.807) is 6.92 Å². The molecule has 0 unspecified atom stereocenters. The number of carbonyl (C=O) groups is 3. The van der Waals surface area contributed by atoms with Crippen LogP contribution in [0.5, 0.6) is 0 Å². The number of ketones is 3. The van der Waals surface area contributed by atoms with Gasteiger partial charge in [0, 0.05) is 29.4 Å². The van der Waals surface area contributed by atoms with E-state index in [1.807, 2.05) is 20.8 Å². The summed E-state index contributed by atoms with van der Waals surface area (Å²) in [5, 5.41) is 0. The molecule has 0 aromatic rings. The van der Waals surface area contributed by atoms with Gasteiger partial charge in [-0.3, -0.25) is 14.4 Å². The Morgan fingerprint density at radius 2 is 1.56 bits per heavy atom. The van der Waals surface area contributed by atoms with Crippen molar-refractivity contribution in [2.24, 2.45) is 10.8 Å². The van der Waals surface area contributed by atoms with Crippen LogP contribution in [0.4, 0.5) is 0 Å². The topological polar surface area (TPSA) is 51.2 Å². The number of Topliss-reactive ketones (excluding diaryl/α,β-unsaturated/α-hetero) is 1. The molecule has 0 heterocycles. The molecular weight excluding hydrogens is 228 g/mol. The van der Waals surface area contributed by atoms with Crippen molar-refractivity contribution in [3.63, 3.8) is 0 Å². The Hall–Kier alpha value is -1.51. The third-order valence-corrected chi connectivity index (χ3v) is 4.56. The first-order valence-corrected chi connectivity index (χ1v) is 6.18. The summed E-state index contributed by atoms with van der Waals surface area (Å²) in [7, 11) is 0. The molecule has 1 fully saturated rings. The van der Waals surface area contributed by atoms with Crippen LogP contribution in [0.3, 0.4) is 0 Å². The number of carbonyl (C=O) groups excluding carboxylic acids is 3. The first-order chi connectivity index (χ1) is 8.17. The summed E-state index contributed by atoms with van der Waals surface area (Å²) in [4.78, 5) is 35.6. The Kier molecular flexibility index (Phi) is 2.69. The number of allylic oxidation sites excluding steroid dienone is 4. The summed E-state index contributed by atoms with van der Waals surface area (Å²) >= 11 is 0. The lowest BCUT2D eigenvalue weighted by molar-refractivity contribution is -0.118. The fraction of sp³-hybridized carbons (Fsp3) is 0.533. The molecule has 0 bridgehead atoms. The molecule has 1 saturated carbocycles. The number of rotatable bonds is 1. The molecule has 0 aliphatic heterocycles. The fourth-order valence-corrected chi connectivity index (χ4v) is 2.94. The van der Waals surface area contributed by atoms with Crippen molar-refractivity contribution in [1.29, 1.82) is 0 Å². The van der Waals surface area contributed by atoms with Crippen molar-refractivity contribution >= 4 is 17.3 Å². The van der Waals surface area contributed by atoms with Crippen LogP contribution in [-0.2, 0) is 14.4 Å². The molecule has 0 amide bonds. The summed E-state index contributed by atoms with van der Waals surface area (Å²) < 4.78 is 0. The Bertz CT molecular complexity index is 520. The summed E-state index contributed by atoms with van der Waals surface area (Å²) in [6.07, 6.45) is 3.63. The molecule has 0 spiro atoms. The maximum absolute atomic E-state index is 12.1. The zero-order valence-corrected chi connectivity index (χ0v) is 11.3. The summed E-state index contributed by atoms with van der Waals surface area (Å²) in [5.41, 5.74) is 0.141. The van der Waals surface area contributed by atoms with Crippen LogP contribution >= 0.6 is 0 Å². The van der Waals surface area contributed by atoms with E-state index in [0.29, 0.717) is 24.0 Å². The minimum atomic E-state index is -0.534. The predicted octanol–water partition coefficient (Wildman–Crippen LogP) is 2.41. The van der Waals surface area contributed by atoms with E-state index < -0.39 is 5.41 Å². The fourth-order valence-electron chi connectivity index (χ4n) is 2.94. The standard InChI is InChI=1S/C15H18O3/c1-9-5-13(18)11(6-12(9)17)15(4)8-10(16)7-14(15,2)3/h5-6H,7-8H2,1-4H3/t15-/m1/s1. The van der Waals surface area contributed by atoms with Crippen molar-refractivity contribution in [1.82, 2.24) is 0 Å². The van der Waals surface area contributed by atoms with Crippen LogP contribution in [-0.4, -0.2) is 17.3 Å². The maximum Gasteiger partial charge on any atom is 0.182 e. The van der Waals surface area contributed by atoms with Gasteiger partial charge >= 0.3 is 0 Å². The second-order valence-corrected chi connectivity index (χ2v) is 6.22. The van der Waals surface area contributed by atoms with Gasteiger partial charge in [-0.15, -0.1) is 0 Å². The normalized spacial score (nSPS) is 31.4. The van der Waals surface area contributed by atoms with Crippen LogP contribution in [0.15, 0.2) is 23.3 Å². The smallest absolute Gasteiger partial charge is 0.182 e. The molecule has 3 nitrogen and oxygen atoms in total. The second-order valence-electron chi connectivity index (χ2n) is 6.22. The SMILES string of the molecule is CC1=CC(=O)C([C@@]2(C)CC(=O)CC2(C)C)=CC1=O. The molecule has 96 valence electrons. The van der Waals surface area contributed by atoms with E-state index >= 15 is 0 Å². The predicted molar refractivity (Wildman–Crippen MR) is 68.0 cm³/mol. The van der Waals surface area contributed by atoms with Gasteiger partial charge in [0.15, 0.2) is 11.6 Å². The molecular formula is C15H18O3. The molecule has 2 rings (SSSR count). The van der Waals surface area contributed by atoms with Crippen molar-refractivity contribution in [2.75, 3.05) is 0 Å². The maximum atomic E-state index is 12.1. The van der Waals surface area contributed by atoms with Gasteiger partial charge in [0.05, 0.1) is 0 Å². The molecule has 0 aromatic heterocycles. The average molecular weight is 246 g/mol. The quantitative estimate of drug-likeness (QED) is 0.667. The van der Waals surface area contributed by atoms with Crippen molar-refractivity contribution in [3.8, 4) is 0 Å². The van der Waals surface area contributed by atoms with Crippen LogP contribution in [0.25, 0.3) is 0 Å². The first kappa shape index (κ1) is 12.9. The molecule has 0 aromatic carbocycles. The highest BCUT2D eigenvalue weighted by Gasteiger charge is 2.53. The van der Waals surface area contributed by atoms with Crippen molar-refractivity contribution in [3.05, 3.63) is 23.3 Å². The van der Waals surface area contributed by atoms with Gasteiger partial charge < -0.3 is 0 Å². The average Bonchev–Trinajstić information content (AvgIpc) is 2.42. The summed E-state index contributed by atoms with van der Waals surface area (Å²) in [6, 6.07) is 0. The van der Waals surface area contributed by atoms with E-state index in [1.165, 1.54) is 12.2 Å². The summed E-state index contributed by atoms with van der Waals surface area (Å²) in [6.45, 7) is 7.54. The van der Waals surface area contributed by atoms with Gasteiger partial charge in [-0.1, -0.05) is 20.8 Å². The Labute approximate surface area is 107 Å². The Balaban J connectivity index is 2.50. The molecule has 2 aliphatic carbocycles. The molecule has 1 atom stereocenters. The van der Waals surface area contributed by atoms with E-state index in [2.05, 4.69) is 0 Å². The highest BCUT2D eigenvalue weighted by atomic mass is 16.1. The van der Waals surface area contributed by atoms with Crippen LogP contribution in [0.2, 0.25) is 0 Å². The molecule has 0 N–H and O–H groups in total. The minimum Gasteiger partial charge on any atom is -0.300 e. The second kappa shape index (κ2) is 3.74. The zero-order chi connectivity index (χ0) is 13.7. The van der Waals surface area contributed by atoms with Gasteiger partial charge in [-0.2, -0.15) is 0 Å². The minimum absolute atomic E-state index is 0.124. The van der Waals surface area contributed by atoms with Gasteiger partial charge in [-0.05, 0) is 24.5 Å². The lowest BCUT2D eigenvalue weighted by Crippen LogP contribution is -2.36. The Morgan fingerprint density at radius 3 is 2.06 bits per heavy atom. The first-order valence-electron chi connectivity index (χ1n) is 6.18. The largest absolute Gasteiger partial charge is 0.300 e. The van der Waals surface area contributed by atoms with Crippen molar-refractivity contribution in [2.45, 2.75) is 40.5 Å². The lowest BCUT2D eigenvalue weighted by Gasteiger charge is -2.39. The molecule has 2 aliphatic rings. The molecule has 18 heavy (non-hydrogen) atoms. The molecule has 3 heteroatoms. The van der Waals surface area contributed by atoms with E-state index in [4.69, 9.17) is 0 Å². The molecule has 0 saturated heterocycles. The Morgan fingerprint density at radius 1 is 0.944 bits per heavy atom. The number of hydrogen-bond acceptors (Lipinski definition) is 3. The van der Waals surface area contributed by atoms with Crippen LogP contribution in [0, 0.1) is 10.8 Å². The third-order valence-electron chi connectivity index (χ3n) is 4.56. The monoisotopic (exact) mass is 246 g/mol. The van der Waals surface area contributed by atoms with Gasteiger partial charge in [0.1, 0.15) is 5.78 Å². The van der Waals surface area contributed by atoms with E-state index in [9.17, 15) is 14.4 Å². The van der Waals surface area contributed by atoms with Gasteiger partial charge in [0.2, 0.25) is 0 Å². The summed E-state index contributed by atoms with van der Waals surface area (Å²) in [5.74, 6) is -0.0896. The highest BCUT2D eigenvalue weighted by Crippen LogP contribution is 2.55.